The summed E-state index contributed by atoms with van der Waals surface area (Å²) in [6.45, 7) is 2.79. The molecule has 0 aliphatic carbocycles. The van der Waals surface area contributed by atoms with Gasteiger partial charge in [0, 0.05) is 25.5 Å². The van der Waals surface area contributed by atoms with Gasteiger partial charge in [0.05, 0.1) is 13.2 Å². The standard InChI is InChI=1S/C8H15N3O/c1-7(6-12)10-5-8-9-3-4-11(8)2/h3-4,7,10,12H,5-6H2,1-2H3. The lowest BCUT2D eigenvalue weighted by molar-refractivity contribution is 0.250. The predicted molar refractivity (Wildman–Crippen MR) is 46.6 cm³/mol. The number of nitrogens with one attached hydrogen (secondary N) is 1. The van der Waals surface area contributed by atoms with Crippen LogP contribution in [0.1, 0.15) is 12.7 Å². The first-order chi connectivity index (χ1) is 5.74. The molecule has 1 atom stereocenters. The van der Waals surface area contributed by atoms with Crippen molar-refractivity contribution in [1.82, 2.24) is 14.9 Å². The lowest BCUT2D eigenvalue weighted by Crippen LogP contribution is -2.29. The van der Waals surface area contributed by atoms with Crippen LogP contribution in [0.2, 0.25) is 0 Å². The molecular weight excluding hydrogens is 154 g/mol. The van der Waals surface area contributed by atoms with Crippen molar-refractivity contribution in [2.45, 2.75) is 19.5 Å². The van der Waals surface area contributed by atoms with Crippen molar-refractivity contribution in [2.24, 2.45) is 7.05 Å². The second kappa shape index (κ2) is 4.23. The van der Waals surface area contributed by atoms with Crippen LogP contribution in [0.25, 0.3) is 0 Å². The zero-order valence-corrected chi connectivity index (χ0v) is 7.49. The molecule has 0 aliphatic rings. The summed E-state index contributed by atoms with van der Waals surface area (Å²) >= 11 is 0. The van der Waals surface area contributed by atoms with Gasteiger partial charge < -0.3 is 15.0 Å². The Morgan fingerprint density at radius 1 is 1.75 bits per heavy atom. The molecule has 1 rings (SSSR count). The fourth-order valence-electron chi connectivity index (χ4n) is 0.897. The number of rotatable bonds is 4. The van der Waals surface area contributed by atoms with Gasteiger partial charge in [0.25, 0.3) is 0 Å². The van der Waals surface area contributed by atoms with Crippen molar-refractivity contribution in [3.05, 3.63) is 18.2 Å². The van der Waals surface area contributed by atoms with Crippen LogP contribution in [0.5, 0.6) is 0 Å². The van der Waals surface area contributed by atoms with Crippen LogP contribution >= 0.6 is 0 Å². The van der Waals surface area contributed by atoms with E-state index in [1.165, 1.54) is 0 Å². The molecule has 0 fully saturated rings. The minimum atomic E-state index is 0.127. The van der Waals surface area contributed by atoms with Crippen LogP contribution in [0, 0.1) is 0 Å². The van der Waals surface area contributed by atoms with E-state index in [0.29, 0.717) is 6.54 Å². The summed E-state index contributed by atoms with van der Waals surface area (Å²) in [4.78, 5) is 4.14. The van der Waals surface area contributed by atoms with Gasteiger partial charge in [-0.15, -0.1) is 0 Å². The van der Waals surface area contributed by atoms with Gasteiger partial charge >= 0.3 is 0 Å². The topological polar surface area (TPSA) is 50.1 Å². The Bertz CT molecular complexity index is 234. The summed E-state index contributed by atoms with van der Waals surface area (Å²) in [6, 6.07) is 0.127. The lowest BCUT2D eigenvalue weighted by atomic mass is 10.3. The van der Waals surface area contributed by atoms with Crippen molar-refractivity contribution >= 4 is 0 Å². The molecule has 2 N–H and O–H groups in total. The van der Waals surface area contributed by atoms with Crippen molar-refractivity contribution < 1.29 is 5.11 Å². The third-order valence-corrected chi connectivity index (χ3v) is 1.80. The second-order valence-corrected chi connectivity index (χ2v) is 2.92. The maximum absolute atomic E-state index is 8.74. The van der Waals surface area contributed by atoms with Crippen molar-refractivity contribution in [2.75, 3.05) is 6.61 Å². The average molecular weight is 169 g/mol. The molecule has 0 saturated heterocycles. The number of nitrogens with zero attached hydrogens (tertiary/aromatic N) is 2. The van der Waals surface area contributed by atoms with Crippen LogP contribution < -0.4 is 5.32 Å². The minimum absolute atomic E-state index is 0.127. The predicted octanol–water partition coefficient (Wildman–Crippen LogP) is -0.110. The van der Waals surface area contributed by atoms with Gasteiger partial charge in [-0.2, -0.15) is 0 Å². The molecule has 12 heavy (non-hydrogen) atoms. The van der Waals surface area contributed by atoms with E-state index in [9.17, 15) is 0 Å². The normalized spacial score (nSPS) is 13.2. The van der Waals surface area contributed by atoms with E-state index in [1.807, 2.05) is 24.7 Å². The van der Waals surface area contributed by atoms with E-state index >= 15 is 0 Å². The fourth-order valence-corrected chi connectivity index (χ4v) is 0.897. The van der Waals surface area contributed by atoms with Gasteiger partial charge in [0.2, 0.25) is 0 Å². The number of aryl methyl sites for hydroxylation is 1. The molecule has 1 heterocycles. The molecule has 0 saturated carbocycles. The second-order valence-electron chi connectivity index (χ2n) is 2.92. The summed E-state index contributed by atoms with van der Waals surface area (Å²) in [7, 11) is 1.95. The van der Waals surface area contributed by atoms with E-state index in [2.05, 4.69) is 10.3 Å². The van der Waals surface area contributed by atoms with Crippen LogP contribution in [0.15, 0.2) is 12.4 Å². The number of aliphatic hydroxyl groups is 1. The van der Waals surface area contributed by atoms with Crippen LogP contribution in [0.4, 0.5) is 0 Å². The fraction of sp³-hybridized carbons (Fsp3) is 0.625. The third kappa shape index (κ3) is 2.32. The zero-order chi connectivity index (χ0) is 8.97. The molecule has 1 aromatic rings. The number of aromatic nitrogens is 2. The Morgan fingerprint density at radius 3 is 3.00 bits per heavy atom. The molecular formula is C8H15N3O. The smallest absolute Gasteiger partial charge is 0.122 e. The first-order valence-electron chi connectivity index (χ1n) is 4.04. The molecule has 0 radical (unpaired) electrons. The Morgan fingerprint density at radius 2 is 2.50 bits per heavy atom. The van der Waals surface area contributed by atoms with Gasteiger partial charge in [-0.1, -0.05) is 0 Å². The Hall–Kier alpha value is -0.870. The first-order valence-corrected chi connectivity index (χ1v) is 4.04. The number of hydrogen-bond acceptors (Lipinski definition) is 3. The highest BCUT2D eigenvalue weighted by atomic mass is 16.3. The van der Waals surface area contributed by atoms with Crippen LogP contribution in [0.3, 0.4) is 0 Å². The third-order valence-electron chi connectivity index (χ3n) is 1.80. The van der Waals surface area contributed by atoms with E-state index in [1.54, 1.807) is 6.20 Å². The van der Waals surface area contributed by atoms with Crippen molar-refractivity contribution in [3.8, 4) is 0 Å². The average Bonchev–Trinajstić information content (AvgIpc) is 2.47. The number of aliphatic hydroxyl groups excluding tert-OH is 1. The van der Waals surface area contributed by atoms with Gasteiger partial charge in [0.1, 0.15) is 5.82 Å². The molecule has 4 heteroatoms. The Kier molecular flexibility index (Phi) is 3.25. The van der Waals surface area contributed by atoms with E-state index in [-0.39, 0.29) is 12.6 Å². The maximum atomic E-state index is 8.74. The zero-order valence-electron chi connectivity index (χ0n) is 7.49. The molecule has 0 aromatic carbocycles. The first kappa shape index (κ1) is 9.22. The largest absolute Gasteiger partial charge is 0.395 e. The highest BCUT2D eigenvalue weighted by Crippen LogP contribution is 1.93. The minimum Gasteiger partial charge on any atom is -0.395 e. The van der Waals surface area contributed by atoms with Gasteiger partial charge in [-0.3, -0.25) is 0 Å². The van der Waals surface area contributed by atoms with Gasteiger partial charge in [-0.25, -0.2) is 4.98 Å². The monoisotopic (exact) mass is 169 g/mol. The van der Waals surface area contributed by atoms with E-state index in [0.717, 1.165) is 5.82 Å². The van der Waals surface area contributed by atoms with Crippen LogP contribution in [-0.2, 0) is 13.6 Å². The van der Waals surface area contributed by atoms with Crippen molar-refractivity contribution in [3.63, 3.8) is 0 Å². The maximum Gasteiger partial charge on any atom is 0.122 e. The summed E-state index contributed by atoms with van der Waals surface area (Å²) in [5.74, 6) is 0.982. The summed E-state index contributed by atoms with van der Waals surface area (Å²) in [5, 5.41) is 11.9. The lowest BCUT2D eigenvalue weighted by Gasteiger charge is -2.09. The summed E-state index contributed by atoms with van der Waals surface area (Å²) < 4.78 is 1.96. The van der Waals surface area contributed by atoms with Gasteiger partial charge in [-0.05, 0) is 6.92 Å². The highest BCUT2D eigenvalue weighted by Gasteiger charge is 2.01. The summed E-state index contributed by atoms with van der Waals surface area (Å²) in [5.41, 5.74) is 0. The summed E-state index contributed by atoms with van der Waals surface area (Å²) in [6.07, 6.45) is 3.67. The van der Waals surface area contributed by atoms with E-state index < -0.39 is 0 Å². The molecule has 0 bridgehead atoms. The van der Waals surface area contributed by atoms with Crippen molar-refractivity contribution in [1.29, 1.82) is 0 Å². The van der Waals surface area contributed by atoms with E-state index in [4.69, 9.17) is 5.11 Å². The quantitative estimate of drug-likeness (QED) is 0.661. The van der Waals surface area contributed by atoms with Crippen LogP contribution in [-0.4, -0.2) is 27.3 Å². The molecule has 0 aliphatic heterocycles. The molecule has 0 spiro atoms. The molecule has 4 nitrogen and oxygen atoms in total. The van der Waals surface area contributed by atoms with Gasteiger partial charge in [0.15, 0.2) is 0 Å². The SMILES string of the molecule is CC(CO)NCc1nccn1C. The Labute approximate surface area is 72.2 Å². The Balaban J connectivity index is 2.38. The number of hydrogen-bond donors (Lipinski definition) is 2. The molecule has 68 valence electrons. The molecule has 1 aromatic heterocycles. The highest BCUT2D eigenvalue weighted by molar-refractivity contribution is 4.90. The molecule has 0 amide bonds. The molecule has 1 unspecified atom stereocenters. The number of imidazole rings is 1.